The second kappa shape index (κ2) is 12.1. The first-order chi connectivity index (χ1) is 13.8. The lowest BCUT2D eigenvalue weighted by atomic mass is 10.2. The van der Waals surface area contributed by atoms with Gasteiger partial charge in [-0.05, 0) is 31.5 Å². The van der Waals surface area contributed by atoms with Crippen LogP contribution in [0.5, 0.6) is 5.75 Å². The van der Waals surface area contributed by atoms with E-state index in [1.54, 1.807) is 12.5 Å². The van der Waals surface area contributed by atoms with E-state index in [9.17, 15) is 0 Å². The maximum absolute atomic E-state index is 5.69. The van der Waals surface area contributed by atoms with Crippen molar-refractivity contribution in [2.75, 3.05) is 13.2 Å². The summed E-state index contributed by atoms with van der Waals surface area (Å²) in [6.45, 7) is 6.65. The molecule has 0 spiro atoms. The molecule has 2 aromatic heterocycles. The van der Waals surface area contributed by atoms with Gasteiger partial charge in [0.2, 0.25) is 0 Å². The van der Waals surface area contributed by atoms with E-state index in [1.165, 1.54) is 0 Å². The van der Waals surface area contributed by atoms with Crippen LogP contribution < -0.4 is 15.4 Å². The molecule has 2 N–H and O–H groups in total. The number of ether oxygens (including phenoxy) is 1. The summed E-state index contributed by atoms with van der Waals surface area (Å²) < 4.78 is 7.55. The summed E-state index contributed by atoms with van der Waals surface area (Å²) in [6, 6.07) is 12.0. The Hall–Kier alpha value is -2.62. The van der Waals surface area contributed by atoms with E-state index in [2.05, 4.69) is 31.7 Å². The number of imidazole rings is 1. The molecule has 1 aromatic carbocycles. The first-order valence-electron chi connectivity index (χ1n) is 9.46. The minimum absolute atomic E-state index is 0. The van der Waals surface area contributed by atoms with Gasteiger partial charge in [-0.3, -0.25) is 4.57 Å². The number of guanidine groups is 1. The number of aromatic nitrogens is 3. The monoisotopic (exact) mass is 506 g/mol. The molecule has 0 aliphatic carbocycles. The molecule has 154 valence electrons. The largest absolute Gasteiger partial charge is 0.494 e. The molecule has 0 saturated carbocycles. The molecular formula is C21H27IN6O. The molecule has 0 amide bonds. The fraction of sp³-hybridized carbons (Fsp3) is 0.286. The van der Waals surface area contributed by atoms with Crippen molar-refractivity contribution < 1.29 is 4.74 Å². The molecular weight excluding hydrogens is 479 g/mol. The van der Waals surface area contributed by atoms with Crippen LogP contribution in [-0.4, -0.2) is 33.6 Å². The molecule has 0 unspecified atom stereocenters. The van der Waals surface area contributed by atoms with Crippen molar-refractivity contribution in [1.82, 2.24) is 25.2 Å². The molecule has 3 rings (SSSR count). The number of nitrogens with zero attached hydrogens (tertiary/aromatic N) is 4. The van der Waals surface area contributed by atoms with Gasteiger partial charge in [0, 0.05) is 37.2 Å². The zero-order valence-electron chi connectivity index (χ0n) is 16.7. The number of benzene rings is 1. The van der Waals surface area contributed by atoms with Crippen LogP contribution in [-0.2, 0) is 13.1 Å². The van der Waals surface area contributed by atoms with Crippen molar-refractivity contribution in [3.63, 3.8) is 0 Å². The van der Waals surface area contributed by atoms with Crippen LogP contribution in [0.4, 0.5) is 0 Å². The summed E-state index contributed by atoms with van der Waals surface area (Å²) in [7, 11) is 0. The van der Waals surface area contributed by atoms with Crippen molar-refractivity contribution in [1.29, 1.82) is 0 Å². The number of aliphatic imine (C=N–C) groups is 1. The minimum Gasteiger partial charge on any atom is -0.494 e. The van der Waals surface area contributed by atoms with Gasteiger partial charge < -0.3 is 15.4 Å². The highest BCUT2D eigenvalue weighted by molar-refractivity contribution is 14.0. The second-order valence-corrected chi connectivity index (χ2v) is 6.08. The van der Waals surface area contributed by atoms with E-state index < -0.39 is 0 Å². The summed E-state index contributed by atoms with van der Waals surface area (Å²) in [6.07, 6.45) is 7.17. The number of hydrogen-bond donors (Lipinski definition) is 2. The van der Waals surface area contributed by atoms with E-state index in [1.807, 2.05) is 61.1 Å². The Labute approximate surface area is 188 Å². The average molecular weight is 506 g/mol. The van der Waals surface area contributed by atoms with Crippen molar-refractivity contribution in [2.45, 2.75) is 26.9 Å². The van der Waals surface area contributed by atoms with E-state index >= 15 is 0 Å². The van der Waals surface area contributed by atoms with Gasteiger partial charge >= 0.3 is 0 Å². The first-order valence-corrected chi connectivity index (χ1v) is 9.46. The molecule has 0 aliphatic heterocycles. The molecule has 0 fully saturated rings. The van der Waals surface area contributed by atoms with Crippen LogP contribution in [0.1, 0.15) is 25.0 Å². The molecule has 8 heteroatoms. The summed E-state index contributed by atoms with van der Waals surface area (Å²) in [5, 5.41) is 6.64. The van der Waals surface area contributed by atoms with Crippen molar-refractivity contribution in [3.05, 3.63) is 72.4 Å². The summed E-state index contributed by atoms with van der Waals surface area (Å²) in [5.41, 5.74) is 2.14. The number of rotatable bonds is 8. The van der Waals surface area contributed by atoms with Crippen LogP contribution in [0.3, 0.4) is 0 Å². The average Bonchev–Trinajstić information content (AvgIpc) is 3.26. The molecule has 3 aromatic rings. The standard InChI is InChI=1S/C21H26N6O.HI/c1-3-23-21(26-15-18-7-5-6-8-19(18)28-4-2)25-14-17-9-10-20(24-13-17)27-12-11-22-16-27;/h5-13,16H,3-4,14-15H2,1-2H3,(H2,23,25,26);1H. The Kier molecular flexibility index (Phi) is 9.42. The third-order valence-corrected chi connectivity index (χ3v) is 4.06. The van der Waals surface area contributed by atoms with Gasteiger partial charge in [0.25, 0.3) is 0 Å². The lowest BCUT2D eigenvalue weighted by Gasteiger charge is -2.14. The predicted octanol–water partition coefficient (Wildman–Crippen LogP) is 3.54. The maximum atomic E-state index is 5.69. The van der Waals surface area contributed by atoms with Crippen molar-refractivity contribution >= 4 is 29.9 Å². The Morgan fingerprint density at radius 3 is 2.69 bits per heavy atom. The van der Waals surface area contributed by atoms with E-state index in [0.29, 0.717) is 19.7 Å². The Balaban J connectivity index is 0.00000300. The smallest absolute Gasteiger partial charge is 0.191 e. The fourth-order valence-corrected chi connectivity index (χ4v) is 2.69. The van der Waals surface area contributed by atoms with Crippen LogP contribution in [0.25, 0.3) is 5.82 Å². The number of nitrogens with one attached hydrogen (secondary N) is 2. The molecule has 7 nitrogen and oxygen atoms in total. The molecule has 0 bridgehead atoms. The number of halogens is 1. The third-order valence-electron chi connectivity index (χ3n) is 4.06. The fourth-order valence-electron chi connectivity index (χ4n) is 2.69. The van der Waals surface area contributed by atoms with Crippen LogP contribution in [0, 0.1) is 0 Å². The van der Waals surface area contributed by atoms with Crippen molar-refractivity contribution in [3.8, 4) is 11.6 Å². The summed E-state index contributed by atoms with van der Waals surface area (Å²) in [5.74, 6) is 2.49. The van der Waals surface area contributed by atoms with E-state index in [-0.39, 0.29) is 24.0 Å². The molecule has 0 atom stereocenters. The zero-order chi connectivity index (χ0) is 19.6. The molecule has 29 heavy (non-hydrogen) atoms. The van der Waals surface area contributed by atoms with Gasteiger partial charge in [-0.1, -0.05) is 24.3 Å². The minimum atomic E-state index is 0. The van der Waals surface area contributed by atoms with Gasteiger partial charge in [0.15, 0.2) is 5.96 Å². The normalized spacial score (nSPS) is 10.9. The van der Waals surface area contributed by atoms with Gasteiger partial charge in [-0.25, -0.2) is 15.0 Å². The molecule has 0 saturated heterocycles. The second-order valence-electron chi connectivity index (χ2n) is 6.08. The first kappa shape index (κ1) is 22.7. The van der Waals surface area contributed by atoms with Gasteiger partial charge in [-0.15, -0.1) is 24.0 Å². The van der Waals surface area contributed by atoms with Gasteiger partial charge in [0.1, 0.15) is 17.9 Å². The number of hydrogen-bond acceptors (Lipinski definition) is 4. The van der Waals surface area contributed by atoms with E-state index in [0.717, 1.165) is 35.2 Å². The quantitative estimate of drug-likeness (QED) is 0.278. The van der Waals surface area contributed by atoms with Crippen LogP contribution in [0.15, 0.2) is 66.3 Å². The van der Waals surface area contributed by atoms with Crippen LogP contribution in [0.2, 0.25) is 0 Å². The Morgan fingerprint density at radius 1 is 1.14 bits per heavy atom. The van der Waals surface area contributed by atoms with Crippen LogP contribution >= 0.6 is 24.0 Å². The molecule has 0 radical (unpaired) electrons. The predicted molar refractivity (Wildman–Crippen MR) is 126 cm³/mol. The van der Waals surface area contributed by atoms with Gasteiger partial charge in [-0.2, -0.15) is 0 Å². The number of pyridine rings is 1. The summed E-state index contributed by atoms with van der Waals surface area (Å²) >= 11 is 0. The highest BCUT2D eigenvalue weighted by Gasteiger charge is 2.04. The number of para-hydroxylation sites is 1. The maximum Gasteiger partial charge on any atom is 0.191 e. The third kappa shape index (κ3) is 6.74. The molecule has 2 heterocycles. The Morgan fingerprint density at radius 2 is 2.00 bits per heavy atom. The highest BCUT2D eigenvalue weighted by atomic mass is 127. The Bertz CT molecular complexity index is 880. The lowest BCUT2D eigenvalue weighted by Crippen LogP contribution is -2.36. The van der Waals surface area contributed by atoms with E-state index in [4.69, 9.17) is 4.74 Å². The van der Waals surface area contributed by atoms with Gasteiger partial charge in [0.05, 0.1) is 13.2 Å². The van der Waals surface area contributed by atoms with Crippen molar-refractivity contribution in [2.24, 2.45) is 4.99 Å². The lowest BCUT2D eigenvalue weighted by molar-refractivity contribution is 0.336. The molecule has 0 aliphatic rings. The highest BCUT2D eigenvalue weighted by Crippen LogP contribution is 2.17. The summed E-state index contributed by atoms with van der Waals surface area (Å²) in [4.78, 5) is 13.2. The zero-order valence-corrected chi connectivity index (χ0v) is 19.0. The topological polar surface area (TPSA) is 76.4 Å². The SMILES string of the molecule is CCNC(=NCc1ccc(-n2ccnc2)nc1)NCc1ccccc1OCC.I.